The quantitative estimate of drug-likeness (QED) is 0.592. The van der Waals surface area contributed by atoms with Crippen molar-refractivity contribution in [1.82, 2.24) is 20.6 Å². The number of carbonyl (C=O) groups excluding carboxylic acids is 1. The van der Waals surface area contributed by atoms with Crippen LogP contribution < -0.4 is 4.74 Å². The Morgan fingerprint density at radius 2 is 2.13 bits per heavy atom. The van der Waals surface area contributed by atoms with Crippen molar-refractivity contribution < 1.29 is 9.53 Å². The molecule has 15 heavy (non-hydrogen) atoms. The standard InChI is InChI=1S/C8H5N5O2/c14-5-9-6-1-3-7(4-2-6)15-8-10-12-13-11-8/h1-4H,(H,10,11,12,13). The maximum atomic E-state index is 9.96. The van der Waals surface area contributed by atoms with E-state index in [1.807, 2.05) is 0 Å². The summed E-state index contributed by atoms with van der Waals surface area (Å²) in [5.41, 5.74) is 0.505. The third-order valence-corrected chi connectivity index (χ3v) is 1.55. The number of aliphatic imine (C=N–C) groups is 1. The van der Waals surface area contributed by atoms with Crippen molar-refractivity contribution in [2.75, 3.05) is 0 Å². The van der Waals surface area contributed by atoms with E-state index in [0.29, 0.717) is 11.4 Å². The zero-order valence-corrected chi connectivity index (χ0v) is 7.41. The summed E-state index contributed by atoms with van der Waals surface area (Å²) < 4.78 is 5.20. The second kappa shape index (κ2) is 4.12. The molecule has 0 aliphatic heterocycles. The van der Waals surface area contributed by atoms with Gasteiger partial charge in [-0.05, 0) is 29.5 Å². The highest BCUT2D eigenvalue weighted by Gasteiger charge is 2.00. The Labute approximate surface area is 83.8 Å². The summed E-state index contributed by atoms with van der Waals surface area (Å²) in [6.45, 7) is 0. The summed E-state index contributed by atoms with van der Waals surface area (Å²) in [6, 6.07) is 6.61. The lowest BCUT2D eigenvalue weighted by Gasteiger charge is -1.98. The average Bonchev–Trinajstić information content (AvgIpc) is 2.74. The first-order valence-electron chi connectivity index (χ1n) is 3.98. The van der Waals surface area contributed by atoms with Crippen LogP contribution in [0.1, 0.15) is 0 Å². The van der Waals surface area contributed by atoms with Gasteiger partial charge in [-0.25, -0.2) is 4.79 Å². The van der Waals surface area contributed by atoms with Gasteiger partial charge in [0.2, 0.25) is 6.08 Å². The van der Waals surface area contributed by atoms with E-state index in [1.165, 1.54) is 6.08 Å². The predicted octanol–water partition coefficient (Wildman–Crippen LogP) is 0.959. The van der Waals surface area contributed by atoms with E-state index in [9.17, 15) is 4.79 Å². The minimum absolute atomic E-state index is 0.127. The third-order valence-electron chi connectivity index (χ3n) is 1.55. The molecule has 1 aromatic heterocycles. The Morgan fingerprint density at radius 3 is 2.73 bits per heavy atom. The zero-order valence-electron chi connectivity index (χ0n) is 7.41. The number of nitrogens with one attached hydrogen (secondary N) is 1. The number of benzene rings is 1. The van der Waals surface area contributed by atoms with E-state index in [-0.39, 0.29) is 6.01 Å². The molecule has 2 aromatic rings. The Bertz CT molecular complexity index is 472. The fourth-order valence-electron chi connectivity index (χ4n) is 0.943. The molecule has 7 heteroatoms. The van der Waals surface area contributed by atoms with Crippen molar-refractivity contribution in [3.05, 3.63) is 24.3 Å². The van der Waals surface area contributed by atoms with Gasteiger partial charge in [0.15, 0.2) is 0 Å². The predicted molar refractivity (Wildman–Crippen MR) is 48.5 cm³/mol. The van der Waals surface area contributed by atoms with E-state index >= 15 is 0 Å². The van der Waals surface area contributed by atoms with Crippen molar-refractivity contribution >= 4 is 11.8 Å². The fourth-order valence-corrected chi connectivity index (χ4v) is 0.943. The van der Waals surface area contributed by atoms with Crippen LogP contribution in [0.2, 0.25) is 0 Å². The molecule has 0 spiro atoms. The summed E-state index contributed by atoms with van der Waals surface area (Å²) in [5, 5.41) is 12.8. The molecule has 74 valence electrons. The van der Waals surface area contributed by atoms with Crippen LogP contribution in [0.5, 0.6) is 11.8 Å². The smallest absolute Gasteiger partial charge is 0.361 e. The summed E-state index contributed by atoms with van der Waals surface area (Å²) in [7, 11) is 0. The van der Waals surface area contributed by atoms with E-state index in [2.05, 4.69) is 25.6 Å². The Kier molecular flexibility index (Phi) is 2.48. The van der Waals surface area contributed by atoms with Gasteiger partial charge in [0, 0.05) is 0 Å². The minimum atomic E-state index is 0.127. The van der Waals surface area contributed by atoms with Gasteiger partial charge in [-0.1, -0.05) is 10.2 Å². The first-order chi connectivity index (χ1) is 7.38. The van der Waals surface area contributed by atoms with Gasteiger partial charge < -0.3 is 4.74 Å². The summed E-state index contributed by atoms with van der Waals surface area (Å²) in [4.78, 5) is 13.4. The van der Waals surface area contributed by atoms with Crippen LogP contribution in [-0.2, 0) is 4.79 Å². The summed E-state index contributed by atoms with van der Waals surface area (Å²) >= 11 is 0. The molecule has 0 unspecified atom stereocenters. The lowest BCUT2D eigenvalue weighted by molar-refractivity contribution is 0.442. The van der Waals surface area contributed by atoms with Gasteiger partial charge in [0.25, 0.3) is 0 Å². The number of aromatic amines is 1. The second-order valence-electron chi connectivity index (χ2n) is 2.49. The van der Waals surface area contributed by atoms with Crippen LogP contribution in [-0.4, -0.2) is 26.7 Å². The zero-order chi connectivity index (χ0) is 10.5. The number of isocyanates is 1. The minimum Gasteiger partial charge on any atom is -0.422 e. The van der Waals surface area contributed by atoms with Crippen molar-refractivity contribution in [1.29, 1.82) is 0 Å². The lowest BCUT2D eigenvalue weighted by Crippen LogP contribution is -1.85. The van der Waals surface area contributed by atoms with E-state index < -0.39 is 0 Å². The maximum absolute atomic E-state index is 9.96. The number of ether oxygens (including phenoxy) is 1. The molecular weight excluding hydrogens is 198 g/mol. The van der Waals surface area contributed by atoms with Crippen molar-refractivity contribution in [2.45, 2.75) is 0 Å². The molecule has 0 saturated heterocycles. The van der Waals surface area contributed by atoms with Gasteiger partial charge in [-0.3, -0.25) is 0 Å². The largest absolute Gasteiger partial charge is 0.422 e. The first kappa shape index (κ1) is 9.04. The SMILES string of the molecule is O=C=Nc1ccc(Oc2nn[nH]n2)cc1. The summed E-state index contributed by atoms with van der Waals surface area (Å²) in [5.74, 6) is 0.529. The van der Waals surface area contributed by atoms with Gasteiger partial charge >= 0.3 is 6.01 Å². The van der Waals surface area contributed by atoms with Gasteiger partial charge in [0.1, 0.15) is 5.75 Å². The van der Waals surface area contributed by atoms with Crippen LogP contribution in [0, 0.1) is 0 Å². The highest BCUT2D eigenvalue weighted by molar-refractivity contribution is 5.50. The van der Waals surface area contributed by atoms with E-state index in [1.54, 1.807) is 24.3 Å². The van der Waals surface area contributed by atoms with Crippen LogP contribution in [0.15, 0.2) is 29.3 Å². The van der Waals surface area contributed by atoms with Crippen LogP contribution in [0.4, 0.5) is 5.69 Å². The lowest BCUT2D eigenvalue weighted by atomic mass is 10.3. The number of hydrogen-bond donors (Lipinski definition) is 1. The van der Waals surface area contributed by atoms with Crippen LogP contribution in [0.3, 0.4) is 0 Å². The molecule has 0 saturated carbocycles. The molecule has 0 aliphatic carbocycles. The topological polar surface area (TPSA) is 93.1 Å². The summed E-state index contributed by atoms with van der Waals surface area (Å²) in [6.07, 6.45) is 1.44. The van der Waals surface area contributed by atoms with Gasteiger partial charge in [0.05, 0.1) is 5.69 Å². The molecule has 1 heterocycles. The molecule has 0 bridgehead atoms. The number of tetrazole rings is 1. The molecule has 1 N–H and O–H groups in total. The molecule has 2 rings (SSSR count). The molecule has 0 amide bonds. The molecule has 0 atom stereocenters. The Hall–Kier alpha value is -2.53. The average molecular weight is 203 g/mol. The molecular formula is C8H5N5O2. The number of nitrogens with zero attached hydrogens (tertiary/aromatic N) is 4. The van der Waals surface area contributed by atoms with E-state index in [0.717, 1.165) is 0 Å². The van der Waals surface area contributed by atoms with Gasteiger partial charge in [-0.15, -0.1) is 0 Å². The Balaban J connectivity index is 2.14. The van der Waals surface area contributed by atoms with Crippen LogP contribution in [0.25, 0.3) is 0 Å². The molecule has 0 radical (unpaired) electrons. The molecule has 7 nitrogen and oxygen atoms in total. The molecule has 0 fully saturated rings. The highest BCUT2D eigenvalue weighted by Crippen LogP contribution is 2.20. The first-order valence-corrected chi connectivity index (χ1v) is 3.98. The van der Waals surface area contributed by atoms with Crippen molar-refractivity contribution in [3.8, 4) is 11.8 Å². The monoisotopic (exact) mass is 203 g/mol. The fraction of sp³-hybridized carbons (Fsp3) is 0. The second-order valence-corrected chi connectivity index (χ2v) is 2.49. The molecule has 0 aliphatic rings. The van der Waals surface area contributed by atoms with Gasteiger partial charge in [-0.2, -0.15) is 10.2 Å². The number of hydrogen-bond acceptors (Lipinski definition) is 6. The maximum Gasteiger partial charge on any atom is 0.361 e. The van der Waals surface area contributed by atoms with Crippen molar-refractivity contribution in [3.63, 3.8) is 0 Å². The Morgan fingerprint density at radius 1 is 1.33 bits per heavy atom. The normalized spacial score (nSPS) is 9.33. The number of H-pyrrole nitrogens is 1. The highest BCUT2D eigenvalue weighted by atomic mass is 16.5. The molecule has 1 aromatic carbocycles. The number of aromatic nitrogens is 4. The van der Waals surface area contributed by atoms with Crippen LogP contribution >= 0.6 is 0 Å². The van der Waals surface area contributed by atoms with E-state index in [4.69, 9.17) is 4.74 Å². The van der Waals surface area contributed by atoms with Crippen molar-refractivity contribution in [2.24, 2.45) is 4.99 Å². The number of rotatable bonds is 3. The third kappa shape index (κ3) is 2.23.